The second kappa shape index (κ2) is 7.04. The molecule has 0 saturated heterocycles. The summed E-state index contributed by atoms with van der Waals surface area (Å²) in [4.78, 5) is 0.0690. The van der Waals surface area contributed by atoms with E-state index in [1.54, 1.807) is 12.1 Å². The lowest BCUT2D eigenvalue weighted by molar-refractivity contribution is 0.465. The first-order chi connectivity index (χ1) is 8.76. The van der Waals surface area contributed by atoms with Gasteiger partial charge in [0, 0.05) is 17.1 Å². The van der Waals surface area contributed by atoms with Gasteiger partial charge < -0.3 is 5.73 Å². The van der Waals surface area contributed by atoms with Crippen molar-refractivity contribution in [2.75, 3.05) is 6.54 Å². The summed E-state index contributed by atoms with van der Waals surface area (Å²) >= 11 is 9.21. The fourth-order valence-electron chi connectivity index (χ4n) is 1.74. The smallest absolute Gasteiger partial charge is 0.242 e. The van der Waals surface area contributed by atoms with Crippen LogP contribution < -0.4 is 10.5 Å². The lowest BCUT2D eigenvalue weighted by Crippen LogP contribution is -2.41. The Morgan fingerprint density at radius 1 is 1.42 bits per heavy atom. The van der Waals surface area contributed by atoms with Crippen LogP contribution in [0.2, 0.25) is 5.02 Å². The molecule has 19 heavy (non-hydrogen) atoms. The molecule has 0 aliphatic carbocycles. The van der Waals surface area contributed by atoms with Crippen LogP contribution >= 0.6 is 27.5 Å². The van der Waals surface area contributed by atoms with Crippen molar-refractivity contribution in [1.29, 1.82) is 0 Å². The number of nitrogens with two attached hydrogens (primary N) is 1. The van der Waals surface area contributed by atoms with E-state index < -0.39 is 10.0 Å². The highest BCUT2D eigenvalue weighted by atomic mass is 79.9. The molecule has 0 radical (unpaired) electrons. The molecule has 0 aliphatic rings. The van der Waals surface area contributed by atoms with E-state index in [4.69, 9.17) is 17.3 Å². The predicted octanol–water partition coefficient (Wildman–Crippen LogP) is 2.75. The number of nitrogens with one attached hydrogen (secondary N) is 1. The van der Waals surface area contributed by atoms with Gasteiger partial charge in [-0.2, -0.15) is 0 Å². The van der Waals surface area contributed by atoms with E-state index in [-0.39, 0.29) is 22.5 Å². The molecule has 4 nitrogen and oxygen atoms in total. The van der Waals surface area contributed by atoms with Crippen molar-refractivity contribution in [3.05, 3.63) is 27.7 Å². The minimum atomic E-state index is -3.65. The van der Waals surface area contributed by atoms with Gasteiger partial charge in [-0.25, -0.2) is 13.1 Å². The van der Waals surface area contributed by atoms with Gasteiger partial charge in [-0.15, -0.1) is 0 Å². The monoisotopic (exact) mass is 368 g/mol. The van der Waals surface area contributed by atoms with Crippen LogP contribution in [0.5, 0.6) is 0 Å². The van der Waals surface area contributed by atoms with Crippen LogP contribution in [0.25, 0.3) is 0 Å². The molecule has 1 unspecified atom stereocenters. The summed E-state index contributed by atoms with van der Waals surface area (Å²) in [7, 11) is -3.65. The summed E-state index contributed by atoms with van der Waals surface area (Å²) in [5.41, 5.74) is 5.60. The summed E-state index contributed by atoms with van der Waals surface area (Å²) in [6, 6.07) is 4.37. The van der Waals surface area contributed by atoms with E-state index in [9.17, 15) is 8.42 Å². The van der Waals surface area contributed by atoms with Gasteiger partial charge in [0.25, 0.3) is 0 Å². The Hall–Kier alpha value is -0.140. The minimum absolute atomic E-state index is 0.0690. The number of rotatable bonds is 6. The van der Waals surface area contributed by atoms with Crippen molar-refractivity contribution in [2.24, 2.45) is 11.7 Å². The summed E-state index contributed by atoms with van der Waals surface area (Å²) in [5.74, 6) is 0.358. The highest BCUT2D eigenvalue weighted by Gasteiger charge is 2.22. The average molecular weight is 370 g/mol. The van der Waals surface area contributed by atoms with Crippen LogP contribution in [0.15, 0.2) is 27.6 Å². The molecule has 7 heteroatoms. The molecule has 0 heterocycles. The van der Waals surface area contributed by atoms with Crippen molar-refractivity contribution in [3.63, 3.8) is 0 Å². The first-order valence-electron chi connectivity index (χ1n) is 5.93. The number of hydrogen-bond acceptors (Lipinski definition) is 3. The second-order valence-electron chi connectivity index (χ2n) is 4.76. The van der Waals surface area contributed by atoms with E-state index >= 15 is 0 Å². The molecule has 1 aromatic carbocycles. The van der Waals surface area contributed by atoms with Crippen molar-refractivity contribution >= 4 is 37.6 Å². The van der Waals surface area contributed by atoms with Crippen LogP contribution in [0.3, 0.4) is 0 Å². The Morgan fingerprint density at radius 3 is 2.53 bits per heavy atom. The summed E-state index contributed by atoms with van der Waals surface area (Å²) < 4.78 is 27.8. The maximum absolute atomic E-state index is 12.2. The normalized spacial score (nSPS) is 13.8. The first kappa shape index (κ1) is 16.9. The van der Waals surface area contributed by atoms with Crippen molar-refractivity contribution in [1.82, 2.24) is 4.72 Å². The van der Waals surface area contributed by atoms with Gasteiger partial charge in [-0.05, 0) is 30.5 Å². The molecule has 108 valence electrons. The van der Waals surface area contributed by atoms with Crippen LogP contribution in [0.1, 0.15) is 20.3 Å². The third-order valence-corrected chi connectivity index (χ3v) is 5.04. The van der Waals surface area contributed by atoms with Gasteiger partial charge in [-0.3, -0.25) is 0 Å². The molecule has 1 aromatic rings. The SMILES string of the molecule is CC(C)CC(CN)NS(=O)(=O)c1ccc(Br)cc1Cl. The summed E-state index contributed by atoms with van der Waals surface area (Å²) in [5, 5.41) is 0.183. The molecule has 0 saturated carbocycles. The van der Waals surface area contributed by atoms with Gasteiger partial charge in [0.05, 0.1) is 5.02 Å². The van der Waals surface area contributed by atoms with Crippen molar-refractivity contribution in [3.8, 4) is 0 Å². The molecule has 0 spiro atoms. The zero-order valence-electron chi connectivity index (χ0n) is 10.9. The Balaban J connectivity index is 2.97. The molecule has 3 N–H and O–H groups in total. The van der Waals surface area contributed by atoms with Gasteiger partial charge in [-0.1, -0.05) is 41.4 Å². The van der Waals surface area contributed by atoms with Crippen LogP contribution in [0, 0.1) is 5.92 Å². The van der Waals surface area contributed by atoms with Crippen LogP contribution in [-0.2, 0) is 10.0 Å². The highest BCUT2D eigenvalue weighted by Crippen LogP contribution is 2.25. The highest BCUT2D eigenvalue weighted by molar-refractivity contribution is 9.10. The van der Waals surface area contributed by atoms with Crippen molar-refractivity contribution in [2.45, 2.75) is 31.2 Å². The molecule has 0 aromatic heterocycles. The lowest BCUT2D eigenvalue weighted by atomic mass is 10.1. The maximum atomic E-state index is 12.2. The molecule has 1 atom stereocenters. The molecule has 0 amide bonds. The third-order valence-electron chi connectivity index (χ3n) is 2.55. The third kappa shape index (κ3) is 5.04. The molecular weight excluding hydrogens is 352 g/mol. The van der Waals surface area contributed by atoms with Crippen LogP contribution in [-0.4, -0.2) is 21.0 Å². The maximum Gasteiger partial charge on any atom is 0.242 e. The second-order valence-corrected chi connectivity index (χ2v) is 7.76. The lowest BCUT2D eigenvalue weighted by Gasteiger charge is -2.19. The zero-order chi connectivity index (χ0) is 14.6. The van der Waals surface area contributed by atoms with Gasteiger partial charge in [0.2, 0.25) is 10.0 Å². The van der Waals surface area contributed by atoms with Gasteiger partial charge in [0.1, 0.15) is 4.90 Å². The quantitative estimate of drug-likeness (QED) is 0.810. The van der Waals surface area contributed by atoms with E-state index in [1.165, 1.54) is 6.07 Å². The first-order valence-corrected chi connectivity index (χ1v) is 8.59. The van der Waals surface area contributed by atoms with Crippen LogP contribution in [0.4, 0.5) is 0 Å². The molecule has 1 rings (SSSR count). The van der Waals surface area contributed by atoms with Gasteiger partial charge in [0.15, 0.2) is 0 Å². The Bertz CT molecular complexity index is 535. The number of benzene rings is 1. The van der Waals surface area contributed by atoms with E-state index in [1.807, 2.05) is 13.8 Å². The Labute approximate surface area is 127 Å². The molecule has 0 aliphatic heterocycles. The molecular formula is C12H18BrClN2O2S. The molecule has 0 fully saturated rings. The standard InChI is InChI=1S/C12H18BrClN2O2S/c1-8(2)5-10(7-15)16-19(17,18)12-4-3-9(13)6-11(12)14/h3-4,6,8,10,16H,5,7,15H2,1-2H3. The largest absolute Gasteiger partial charge is 0.329 e. The average Bonchev–Trinajstić information content (AvgIpc) is 2.26. The predicted molar refractivity (Wildman–Crippen MR) is 81.8 cm³/mol. The van der Waals surface area contributed by atoms with Gasteiger partial charge >= 0.3 is 0 Å². The summed E-state index contributed by atoms with van der Waals surface area (Å²) in [6.07, 6.45) is 0.684. The fourth-order valence-corrected chi connectivity index (χ4v) is 4.04. The fraction of sp³-hybridized carbons (Fsp3) is 0.500. The Kier molecular flexibility index (Phi) is 6.26. The van der Waals surface area contributed by atoms with E-state index in [0.29, 0.717) is 12.3 Å². The Morgan fingerprint density at radius 2 is 2.05 bits per heavy atom. The topological polar surface area (TPSA) is 72.2 Å². The number of halogens is 2. The number of hydrogen-bond donors (Lipinski definition) is 2. The van der Waals surface area contributed by atoms with E-state index in [0.717, 1.165) is 4.47 Å². The summed E-state index contributed by atoms with van der Waals surface area (Å²) in [6.45, 7) is 4.29. The van der Waals surface area contributed by atoms with Crippen molar-refractivity contribution < 1.29 is 8.42 Å². The molecule has 0 bridgehead atoms. The number of sulfonamides is 1. The zero-order valence-corrected chi connectivity index (χ0v) is 14.0. The minimum Gasteiger partial charge on any atom is -0.329 e. The van der Waals surface area contributed by atoms with E-state index in [2.05, 4.69) is 20.7 Å².